The largest absolute Gasteiger partial charge is 0.254 e. The summed E-state index contributed by atoms with van der Waals surface area (Å²) in [6.07, 6.45) is 1.23. The molecule has 4 nitrogen and oxygen atoms in total. The van der Waals surface area contributed by atoms with E-state index in [1.807, 2.05) is 0 Å². The van der Waals surface area contributed by atoms with Crippen molar-refractivity contribution in [1.29, 1.82) is 5.26 Å². The zero-order valence-corrected chi connectivity index (χ0v) is 13.5. The molecule has 1 aromatic carbocycles. The monoisotopic (exact) mass is 356 g/mol. The average Bonchev–Trinajstić information content (AvgIpc) is 2.87. The van der Waals surface area contributed by atoms with Crippen molar-refractivity contribution < 1.29 is 21.6 Å². The van der Waals surface area contributed by atoms with Gasteiger partial charge in [-0.05, 0) is 43.9 Å². The summed E-state index contributed by atoms with van der Waals surface area (Å²) >= 11 is 0. The first-order chi connectivity index (χ1) is 11.2. The van der Waals surface area contributed by atoms with Crippen molar-refractivity contribution >= 4 is 10.0 Å². The number of piperidine rings is 1. The highest BCUT2D eigenvalue weighted by Crippen LogP contribution is 2.69. The summed E-state index contributed by atoms with van der Waals surface area (Å²) in [5, 5.41) is 9.11. The molecule has 2 saturated heterocycles. The second kappa shape index (κ2) is 4.73. The van der Waals surface area contributed by atoms with Crippen molar-refractivity contribution in [2.45, 2.75) is 55.0 Å². The number of halogens is 3. The molecule has 8 heteroatoms. The van der Waals surface area contributed by atoms with Crippen LogP contribution in [-0.4, -0.2) is 30.7 Å². The molecule has 2 atom stereocenters. The van der Waals surface area contributed by atoms with Crippen molar-refractivity contribution in [3.05, 3.63) is 29.6 Å². The molecule has 1 saturated carbocycles. The van der Waals surface area contributed by atoms with Crippen molar-refractivity contribution in [3.8, 4) is 6.07 Å². The van der Waals surface area contributed by atoms with Gasteiger partial charge in [0.25, 0.3) is 5.92 Å². The first-order valence-corrected chi connectivity index (χ1v) is 9.25. The summed E-state index contributed by atoms with van der Waals surface area (Å²) in [6.45, 7) is 0. The molecule has 0 aromatic heterocycles. The number of sulfonamides is 1. The van der Waals surface area contributed by atoms with Crippen LogP contribution in [0.5, 0.6) is 0 Å². The molecule has 0 N–H and O–H groups in total. The molecule has 0 radical (unpaired) electrons. The fourth-order valence-electron chi connectivity index (χ4n) is 4.45. The summed E-state index contributed by atoms with van der Waals surface area (Å²) in [7, 11) is -4.02. The maximum atomic E-state index is 13.7. The van der Waals surface area contributed by atoms with Crippen LogP contribution in [0.3, 0.4) is 0 Å². The Hall–Kier alpha value is -1.59. The number of hydrogen-bond acceptors (Lipinski definition) is 3. The second-order valence-corrected chi connectivity index (χ2v) is 8.85. The minimum atomic E-state index is -4.02. The summed E-state index contributed by atoms with van der Waals surface area (Å²) in [6, 6.07) is 3.72. The standard InChI is InChI=1S/C16H15F3N2O2S/c17-11-1-4-14(10(5-11)8-20)24(22,23)21-12-2-3-13(21)7-15(6-12)9-16(15,18)19/h1,4-5,12-13H,2-3,6-7,9H2. The number of fused-ring (bicyclic) bond motifs is 2. The van der Waals surface area contributed by atoms with Gasteiger partial charge < -0.3 is 0 Å². The Balaban J connectivity index is 1.71. The lowest BCUT2D eigenvalue weighted by atomic mass is 9.88. The zero-order valence-electron chi connectivity index (χ0n) is 12.7. The highest BCUT2D eigenvalue weighted by atomic mass is 32.2. The molecule has 2 unspecified atom stereocenters. The van der Waals surface area contributed by atoms with Gasteiger partial charge in [-0.25, -0.2) is 21.6 Å². The van der Waals surface area contributed by atoms with Gasteiger partial charge in [-0.3, -0.25) is 0 Å². The molecule has 1 aliphatic carbocycles. The molecule has 128 valence electrons. The molecule has 24 heavy (non-hydrogen) atoms. The molecule has 2 aliphatic heterocycles. The Morgan fingerprint density at radius 2 is 1.79 bits per heavy atom. The third kappa shape index (κ3) is 2.04. The number of nitrogens with zero attached hydrogens (tertiary/aromatic N) is 2. The first-order valence-electron chi connectivity index (χ1n) is 7.81. The maximum absolute atomic E-state index is 13.7. The lowest BCUT2D eigenvalue weighted by Gasteiger charge is -2.38. The van der Waals surface area contributed by atoms with Gasteiger partial charge in [0.15, 0.2) is 0 Å². The van der Waals surface area contributed by atoms with Crippen LogP contribution in [0.25, 0.3) is 0 Å². The van der Waals surface area contributed by atoms with Gasteiger partial charge in [0.05, 0.1) is 5.56 Å². The topological polar surface area (TPSA) is 61.2 Å². The van der Waals surface area contributed by atoms with Crippen LogP contribution in [0, 0.1) is 22.6 Å². The summed E-state index contributed by atoms with van der Waals surface area (Å²) in [4.78, 5) is -0.248. The van der Waals surface area contributed by atoms with Crippen LogP contribution in [0.15, 0.2) is 23.1 Å². The minimum absolute atomic E-state index is 0.152. The van der Waals surface area contributed by atoms with Crippen molar-refractivity contribution in [2.24, 2.45) is 5.41 Å². The number of alkyl halides is 2. The Kier molecular flexibility index (Phi) is 3.14. The number of nitriles is 1. The molecular formula is C16H15F3N2O2S. The molecule has 3 aliphatic rings. The van der Waals surface area contributed by atoms with E-state index in [1.54, 1.807) is 6.07 Å². The number of rotatable bonds is 2. The normalized spacial score (nSPS) is 34.2. The molecule has 1 spiro atoms. The summed E-state index contributed by atoms with van der Waals surface area (Å²) in [5.74, 6) is -3.39. The van der Waals surface area contributed by atoms with E-state index in [0.29, 0.717) is 12.8 Å². The van der Waals surface area contributed by atoms with Gasteiger partial charge in [0.1, 0.15) is 16.8 Å². The maximum Gasteiger partial charge on any atom is 0.254 e. The van der Waals surface area contributed by atoms with Crippen LogP contribution in [-0.2, 0) is 10.0 Å². The predicted molar refractivity (Wildman–Crippen MR) is 78.2 cm³/mol. The van der Waals surface area contributed by atoms with E-state index in [0.717, 1.165) is 18.2 Å². The van der Waals surface area contributed by atoms with Crippen molar-refractivity contribution in [3.63, 3.8) is 0 Å². The molecular weight excluding hydrogens is 341 g/mol. The predicted octanol–water partition coefficient (Wildman–Crippen LogP) is 3.04. The first kappa shape index (κ1) is 15.9. The van der Waals surface area contributed by atoms with Gasteiger partial charge in [-0.1, -0.05) is 0 Å². The van der Waals surface area contributed by atoms with Crippen LogP contribution in [0.2, 0.25) is 0 Å². The van der Waals surface area contributed by atoms with Crippen LogP contribution in [0.4, 0.5) is 13.2 Å². The quantitative estimate of drug-likeness (QED) is 0.818. The van der Waals surface area contributed by atoms with E-state index < -0.39 is 39.3 Å². The second-order valence-electron chi connectivity index (χ2n) is 7.04. The van der Waals surface area contributed by atoms with Gasteiger partial charge in [-0.15, -0.1) is 0 Å². The van der Waals surface area contributed by atoms with Gasteiger partial charge in [-0.2, -0.15) is 9.57 Å². The average molecular weight is 356 g/mol. The van der Waals surface area contributed by atoms with E-state index in [2.05, 4.69) is 0 Å². The molecule has 2 bridgehead atoms. The molecule has 1 aromatic rings. The summed E-state index contributed by atoms with van der Waals surface area (Å²) in [5.41, 5.74) is -1.31. The zero-order chi connectivity index (χ0) is 17.3. The highest BCUT2D eigenvalue weighted by molar-refractivity contribution is 7.89. The van der Waals surface area contributed by atoms with Crippen LogP contribution < -0.4 is 0 Å². The van der Waals surface area contributed by atoms with E-state index in [4.69, 9.17) is 5.26 Å². The Morgan fingerprint density at radius 1 is 1.21 bits per heavy atom. The SMILES string of the molecule is N#Cc1cc(F)ccc1S(=O)(=O)N1C2CCC1CC1(C2)CC1(F)F. The Bertz CT molecular complexity index is 849. The fraction of sp³-hybridized carbons (Fsp3) is 0.562. The van der Waals surface area contributed by atoms with Crippen LogP contribution in [0.1, 0.15) is 37.7 Å². The number of hydrogen-bond donors (Lipinski definition) is 0. The van der Waals surface area contributed by atoms with Crippen LogP contribution >= 0.6 is 0 Å². The molecule has 3 fully saturated rings. The lowest BCUT2D eigenvalue weighted by Crippen LogP contribution is -2.48. The van der Waals surface area contributed by atoms with E-state index >= 15 is 0 Å². The minimum Gasteiger partial charge on any atom is -0.207 e. The lowest BCUT2D eigenvalue weighted by molar-refractivity contribution is 0.0268. The third-order valence-electron chi connectivity index (χ3n) is 5.63. The van der Waals surface area contributed by atoms with Gasteiger partial charge in [0, 0.05) is 23.9 Å². The van der Waals surface area contributed by atoms with Crippen molar-refractivity contribution in [2.75, 3.05) is 0 Å². The van der Waals surface area contributed by atoms with E-state index in [9.17, 15) is 21.6 Å². The van der Waals surface area contributed by atoms with E-state index in [-0.39, 0.29) is 29.7 Å². The Labute approximate surface area is 137 Å². The molecule has 0 amide bonds. The summed E-state index contributed by atoms with van der Waals surface area (Å²) < 4.78 is 68.0. The number of benzene rings is 1. The van der Waals surface area contributed by atoms with Gasteiger partial charge >= 0.3 is 0 Å². The van der Waals surface area contributed by atoms with E-state index in [1.165, 1.54) is 4.31 Å². The van der Waals surface area contributed by atoms with Gasteiger partial charge in [0.2, 0.25) is 10.0 Å². The van der Waals surface area contributed by atoms with Crippen molar-refractivity contribution in [1.82, 2.24) is 4.31 Å². The highest BCUT2D eigenvalue weighted by Gasteiger charge is 2.74. The fourth-order valence-corrected chi connectivity index (χ4v) is 6.45. The molecule has 4 rings (SSSR count). The third-order valence-corrected chi connectivity index (χ3v) is 7.70. The Morgan fingerprint density at radius 3 is 2.29 bits per heavy atom. The molecule has 2 heterocycles. The smallest absolute Gasteiger partial charge is 0.207 e.